The third kappa shape index (κ3) is 2.30. The normalized spacial score (nSPS) is 20.8. The van der Waals surface area contributed by atoms with Crippen LogP contribution in [0.2, 0.25) is 0 Å². The van der Waals surface area contributed by atoms with Gasteiger partial charge in [-0.15, -0.1) is 11.6 Å². The minimum Gasteiger partial charge on any atom is -0.368 e. The molecular weight excluding hydrogens is 222 g/mol. The molecule has 16 heavy (non-hydrogen) atoms. The highest BCUT2D eigenvalue weighted by molar-refractivity contribution is 6.17. The maximum absolute atomic E-state index is 5.94. The summed E-state index contributed by atoms with van der Waals surface area (Å²) in [5, 5.41) is 0. The molecule has 0 spiro atoms. The molecule has 0 amide bonds. The number of nitrogens with zero attached hydrogens (tertiary/aromatic N) is 3. The lowest BCUT2D eigenvalue weighted by Gasteiger charge is -2.23. The molecule has 0 aliphatic carbocycles. The fourth-order valence-corrected chi connectivity index (χ4v) is 2.42. The van der Waals surface area contributed by atoms with Gasteiger partial charge in [-0.25, -0.2) is 0 Å². The van der Waals surface area contributed by atoms with Crippen LogP contribution in [0, 0.1) is 0 Å². The molecule has 1 aromatic heterocycles. The topological polar surface area (TPSA) is 19.4 Å². The highest BCUT2D eigenvalue weighted by atomic mass is 35.5. The molecule has 1 aromatic rings. The fourth-order valence-electron chi connectivity index (χ4n) is 2.19. The van der Waals surface area contributed by atoms with Crippen LogP contribution in [0.1, 0.15) is 12.0 Å². The Kier molecular flexibility index (Phi) is 3.66. The first-order chi connectivity index (χ1) is 7.72. The van der Waals surface area contributed by atoms with Gasteiger partial charge in [0.1, 0.15) is 0 Å². The molecule has 1 aliphatic rings. The van der Waals surface area contributed by atoms with Crippen molar-refractivity contribution in [2.24, 2.45) is 0 Å². The van der Waals surface area contributed by atoms with Crippen molar-refractivity contribution in [3.8, 4) is 0 Å². The first-order valence-electron chi connectivity index (χ1n) is 5.62. The van der Waals surface area contributed by atoms with E-state index in [1.807, 2.05) is 12.3 Å². The summed E-state index contributed by atoms with van der Waals surface area (Å²) in [4.78, 5) is 8.87. The van der Waals surface area contributed by atoms with Crippen molar-refractivity contribution in [3.63, 3.8) is 0 Å². The highest BCUT2D eigenvalue weighted by Gasteiger charge is 2.25. The number of halogens is 1. The molecule has 2 rings (SSSR count). The van der Waals surface area contributed by atoms with Crippen molar-refractivity contribution < 1.29 is 0 Å². The molecule has 0 bridgehead atoms. The SMILES string of the molecule is CN(C)C1CCN(c2cnccc2CCl)C1. The Bertz CT molecular complexity index is 354. The Morgan fingerprint density at radius 1 is 1.56 bits per heavy atom. The van der Waals surface area contributed by atoms with Gasteiger partial charge in [0.05, 0.1) is 11.9 Å². The zero-order chi connectivity index (χ0) is 11.5. The average molecular weight is 240 g/mol. The number of rotatable bonds is 3. The van der Waals surface area contributed by atoms with Gasteiger partial charge in [0.15, 0.2) is 0 Å². The fraction of sp³-hybridized carbons (Fsp3) is 0.583. The van der Waals surface area contributed by atoms with Gasteiger partial charge in [-0.1, -0.05) is 0 Å². The van der Waals surface area contributed by atoms with E-state index in [9.17, 15) is 0 Å². The maximum atomic E-state index is 5.94. The van der Waals surface area contributed by atoms with Crippen LogP contribution in [0.5, 0.6) is 0 Å². The van der Waals surface area contributed by atoms with Crippen LogP contribution in [-0.4, -0.2) is 43.1 Å². The predicted octanol–water partition coefficient (Wildman–Crippen LogP) is 1.96. The number of likely N-dealkylation sites (N-methyl/N-ethyl adjacent to an activating group) is 1. The van der Waals surface area contributed by atoms with Crippen LogP contribution >= 0.6 is 11.6 Å². The summed E-state index contributed by atoms with van der Waals surface area (Å²) in [6.07, 6.45) is 4.94. The molecule has 3 nitrogen and oxygen atoms in total. The van der Waals surface area contributed by atoms with E-state index in [2.05, 4.69) is 28.9 Å². The lowest BCUT2D eigenvalue weighted by atomic mass is 10.2. The van der Waals surface area contributed by atoms with E-state index in [0.29, 0.717) is 11.9 Å². The first-order valence-corrected chi connectivity index (χ1v) is 6.16. The Morgan fingerprint density at radius 3 is 3.00 bits per heavy atom. The van der Waals surface area contributed by atoms with Gasteiger partial charge >= 0.3 is 0 Å². The van der Waals surface area contributed by atoms with Crippen molar-refractivity contribution >= 4 is 17.3 Å². The van der Waals surface area contributed by atoms with E-state index in [1.54, 1.807) is 6.20 Å². The summed E-state index contributed by atoms with van der Waals surface area (Å²) in [6, 6.07) is 2.65. The van der Waals surface area contributed by atoms with Crippen LogP contribution < -0.4 is 4.90 Å². The molecule has 0 aromatic carbocycles. The van der Waals surface area contributed by atoms with Crippen molar-refractivity contribution in [1.82, 2.24) is 9.88 Å². The lowest BCUT2D eigenvalue weighted by Crippen LogP contribution is -2.31. The van der Waals surface area contributed by atoms with Gasteiger partial charge in [-0.05, 0) is 32.1 Å². The highest BCUT2D eigenvalue weighted by Crippen LogP contribution is 2.25. The van der Waals surface area contributed by atoms with Gasteiger partial charge in [0.2, 0.25) is 0 Å². The summed E-state index contributed by atoms with van der Waals surface area (Å²) >= 11 is 5.94. The van der Waals surface area contributed by atoms with Crippen LogP contribution in [0.3, 0.4) is 0 Å². The summed E-state index contributed by atoms with van der Waals surface area (Å²) in [5.41, 5.74) is 2.37. The second-order valence-corrected chi connectivity index (χ2v) is 4.76. The average Bonchev–Trinajstić information content (AvgIpc) is 2.78. The molecule has 1 aliphatic heterocycles. The Labute approximate surface area is 102 Å². The van der Waals surface area contributed by atoms with Crippen LogP contribution in [-0.2, 0) is 5.88 Å². The van der Waals surface area contributed by atoms with Crippen LogP contribution in [0.15, 0.2) is 18.5 Å². The van der Waals surface area contributed by atoms with Gasteiger partial charge in [-0.3, -0.25) is 4.98 Å². The first kappa shape index (κ1) is 11.7. The molecule has 2 heterocycles. The molecular formula is C12H18ClN3. The minimum atomic E-state index is 0.557. The molecule has 88 valence electrons. The third-order valence-corrected chi connectivity index (χ3v) is 3.55. The van der Waals surface area contributed by atoms with E-state index >= 15 is 0 Å². The zero-order valence-electron chi connectivity index (χ0n) is 9.86. The molecule has 0 N–H and O–H groups in total. The quantitative estimate of drug-likeness (QED) is 0.752. The minimum absolute atomic E-state index is 0.557. The van der Waals surface area contributed by atoms with E-state index in [0.717, 1.165) is 13.1 Å². The Balaban J connectivity index is 2.14. The Morgan fingerprint density at radius 2 is 2.38 bits per heavy atom. The number of hydrogen-bond donors (Lipinski definition) is 0. The number of alkyl halides is 1. The smallest absolute Gasteiger partial charge is 0.0598 e. The van der Waals surface area contributed by atoms with Crippen molar-refractivity contribution in [2.75, 3.05) is 32.1 Å². The Hall–Kier alpha value is -0.800. The van der Waals surface area contributed by atoms with Crippen molar-refractivity contribution in [2.45, 2.75) is 18.3 Å². The lowest BCUT2D eigenvalue weighted by molar-refractivity contribution is 0.315. The molecule has 1 saturated heterocycles. The van der Waals surface area contributed by atoms with Gasteiger partial charge in [0.25, 0.3) is 0 Å². The number of hydrogen-bond acceptors (Lipinski definition) is 3. The standard InChI is InChI=1S/C12H18ClN3/c1-15(2)11-4-6-16(9-11)12-8-14-5-3-10(12)7-13/h3,5,8,11H,4,6-7,9H2,1-2H3. The van der Waals surface area contributed by atoms with Crippen LogP contribution in [0.25, 0.3) is 0 Å². The number of aromatic nitrogens is 1. The van der Waals surface area contributed by atoms with E-state index < -0.39 is 0 Å². The molecule has 0 radical (unpaired) electrons. The van der Waals surface area contributed by atoms with E-state index in [1.165, 1.54) is 17.7 Å². The molecule has 1 unspecified atom stereocenters. The van der Waals surface area contributed by atoms with Gasteiger partial charge in [0, 0.05) is 31.2 Å². The van der Waals surface area contributed by atoms with E-state index in [-0.39, 0.29) is 0 Å². The van der Waals surface area contributed by atoms with Crippen molar-refractivity contribution in [1.29, 1.82) is 0 Å². The van der Waals surface area contributed by atoms with Gasteiger partial charge in [-0.2, -0.15) is 0 Å². The maximum Gasteiger partial charge on any atom is 0.0598 e. The largest absolute Gasteiger partial charge is 0.368 e. The molecule has 4 heteroatoms. The summed E-state index contributed by atoms with van der Waals surface area (Å²) in [7, 11) is 4.28. The number of pyridine rings is 1. The van der Waals surface area contributed by atoms with Crippen LogP contribution in [0.4, 0.5) is 5.69 Å². The van der Waals surface area contributed by atoms with Gasteiger partial charge < -0.3 is 9.80 Å². The number of anilines is 1. The summed E-state index contributed by atoms with van der Waals surface area (Å²) in [6.45, 7) is 2.17. The summed E-state index contributed by atoms with van der Waals surface area (Å²) < 4.78 is 0. The zero-order valence-corrected chi connectivity index (χ0v) is 10.6. The monoisotopic (exact) mass is 239 g/mol. The molecule has 1 fully saturated rings. The van der Waals surface area contributed by atoms with Crippen molar-refractivity contribution in [3.05, 3.63) is 24.0 Å². The third-order valence-electron chi connectivity index (χ3n) is 3.27. The second-order valence-electron chi connectivity index (χ2n) is 4.49. The molecule has 0 saturated carbocycles. The second kappa shape index (κ2) is 5.02. The van der Waals surface area contributed by atoms with E-state index in [4.69, 9.17) is 11.6 Å². The predicted molar refractivity (Wildman–Crippen MR) is 68.1 cm³/mol. The summed E-state index contributed by atoms with van der Waals surface area (Å²) in [5.74, 6) is 0.557. The molecule has 1 atom stereocenters.